The third kappa shape index (κ3) is 3.42. The molecule has 0 atom stereocenters. The van der Waals surface area contributed by atoms with Gasteiger partial charge in [0.15, 0.2) is 5.76 Å². The van der Waals surface area contributed by atoms with Gasteiger partial charge in [0.25, 0.3) is 0 Å². The Morgan fingerprint density at radius 3 is 2.94 bits per heavy atom. The average molecular weight is 234 g/mol. The van der Waals surface area contributed by atoms with Crippen LogP contribution >= 0.6 is 0 Å². The van der Waals surface area contributed by atoms with E-state index in [9.17, 15) is 0 Å². The van der Waals surface area contributed by atoms with E-state index < -0.39 is 0 Å². The van der Waals surface area contributed by atoms with Crippen LogP contribution in [0.4, 0.5) is 0 Å². The summed E-state index contributed by atoms with van der Waals surface area (Å²) < 4.78 is 7.10. The lowest BCUT2D eigenvalue weighted by Gasteiger charge is -2.03. The minimum Gasteiger partial charge on any atom is -0.359 e. The molecular formula is C12H18N4O. The molecule has 2 rings (SSSR count). The second kappa shape index (κ2) is 5.14. The number of aryl methyl sites for hydroxylation is 1. The maximum atomic E-state index is 5.26. The van der Waals surface area contributed by atoms with E-state index in [0.717, 1.165) is 23.7 Å². The molecule has 0 radical (unpaired) electrons. The molecule has 0 amide bonds. The van der Waals surface area contributed by atoms with Gasteiger partial charge in [-0.3, -0.25) is 4.68 Å². The van der Waals surface area contributed by atoms with Crippen molar-refractivity contribution in [2.45, 2.75) is 39.9 Å². The zero-order chi connectivity index (χ0) is 12.3. The Morgan fingerprint density at radius 2 is 2.29 bits per heavy atom. The van der Waals surface area contributed by atoms with Gasteiger partial charge < -0.3 is 9.84 Å². The summed E-state index contributed by atoms with van der Waals surface area (Å²) >= 11 is 0. The largest absolute Gasteiger partial charge is 0.359 e. The molecule has 0 saturated carbocycles. The number of rotatable bonds is 5. The van der Waals surface area contributed by atoms with E-state index >= 15 is 0 Å². The van der Waals surface area contributed by atoms with Gasteiger partial charge in [-0.1, -0.05) is 19.0 Å². The highest BCUT2D eigenvalue weighted by Crippen LogP contribution is 2.06. The first-order valence-corrected chi connectivity index (χ1v) is 5.81. The number of nitrogens with one attached hydrogen (secondary N) is 1. The molecule has 0 fully saturated rings. The Morgan fingerprint density at radius 1 is 1.47 bits per heavy atom. The lowest BCUT2D eigenvalue weighted by molar-refractivity contribution is 0.363. The van der Waals surface area contributed by atoms with E-state index in [2.05, 4.69) is 29.4 Å². The van der Waals surface area contributed by atoms with Crippen molar-refractivity contribution in [3.8, 4) is 0 Å². The second-order valence-corrected chi connectivity index (χ2v) is 4.47. The summed E-state index contributed by atoms with van der Waals surface area (Å²) in [6, 6.07) is 4.38. The fourth-order valence-electron chi connectivity index (χ4n) is 1.53. The molecule has 92 valence electrons. The van der Waals surface area contributed by atoms with Crippen LogP contribution in [-0.4, -0.2) is 21.0 Å². The Labute approximate surface area is 101 Å². The zero-order valence-electron chi connectivity index (χ0n) is 10.5. The van der Waals surface area contributed by atoms with E-state index in [1.165, 1.54) is 0 Å². The highest BCUT2D eigenvalue weighted by atomic mass is 16.5. The standard InChI is InChI=1S/C12H18N4O/c1-9(2)13-7-11-6-12(17-15-11)8-16-5-4-10(3)14-16/h4-6,9,13H,7-8H2,1-3H3. The van der Waals surface area contributed by atoms with Crippen LogP contribution in [0, 0.1) is 6.92 Å². The Kier molecular flexibility index (Phi) is 3.58. The van der Waals surface area contributed by atoms with Crippen molar-refractivity contribution >= 4 is 0 Å². The lowest BCUT2D eigenvalue weighted by atomic mass is 10.3. The summed E-state index contributed by atoms with van der Waals surface area (Å²) in [6.07, 6.45) is 1.93. The molecule has 5 nitrogen and oxygen atoms in total. The van der Waals surface area contributed by atoms with Crippen molar-refractivity contribution in [3.05, 3.63) is 35.5 Å². The molecular weight excluding hydrogens is 216 g/mol. The first-order chi connectivity index (χ1) is 8.13. The quantitative estimate of drug-likeness (QED) is 0.856. The minimum absolute atomic E-state index is 0.448. The van der Waals surface area contributed by atoms with Gasteiger partial charge in [-0.25, -0.2) is 0 Å². The fraction of sp³-hybridized carbons (Fsp3) is 0.500. The van der Waals surface area contributed by atoms with Gasteiger partial charge in [-0.2, -0.15) is 5.10 Å². The number of hydrogen-bond acceptors (Lipinski definition) is 4. The van der Waals surface area contributed by atoms with Crippen LogP contribution in [0.1, 0.15) is 31.0 Å². The first-order valence-electron chi connectivity index (χ1n) is 5.81. The van der Waals surface area contributed by atoms with Crippen molar-refractivity contribution in [2.75, 3.05) is 0 Å². The summed E-state index contributed by atoms with van der Waals surface area (Å²) in [5, 5.41) is 11.6. The third-order valence-corrected chi connectivity index (χ3v) is 2.39. The highest BCUT2D eigenvalue weighted by Gasteiger charge is 2.05. The van der Waals surface area contributed by atoms with Gasteiger partial charge in [0.2, 0.25) is 0 Å². The monoisotopic (exact) mass is 234 g/mol. The normalized spacial score (nSPS) is 11.3. The highest BCUT2D eigenvalue weighted by molar-refractivity contribution is 5.06. The predicted molar refractivity (Wildman–Crippen MR) is 64.5 cm³/mol. The van der Waals surface area contributed by atoms with Crippen molar-refractivity contribution < 1.29 is 4.52 Å². The van der Waals surface area contributed by atoms with Crippen LogP contribution in [0.25, 0.3) is 0 Å². The molecule has 0 unspecified atom stereocenters. The van der Waals surface area contributed by atoms with Crippen molar-refractivity contribution in [1.82, 2.24) is 20.3 Å². The summed E-state index contributed by atoms with van der Waals surface area (Å²) in [6.45, 7) is 7.54. The van der Waals surface area contributed by atoms with E-state index in [1.54, 1.807) is 0 Å². The van der Waals surface area contributed by atoms with Gasteiger partial charge >= 0.3 is 0 Å². The van der Waals surface area contributed by atoms with E-state index in [0.29, 0.717) is 12.6 Å². The second-order valence-electron chi connectivity index (χ2n) is 4.47. The topological polar surface area (TPSA) is 55.9 Å². The summed E-state index contributed by atoms with van der Waals surface area (Å²) in [5.41, 5.74) is 1.93. The molecule has 0 bridgehead atoms. The predicted octanol–water partition coefficient (Wildman–Crippen LogP) is 1.73. The summed E-state index contributed by atoms with van der Waals surface area (Å²) in [4.78, 5) is 0. The molecule has 17 heavy (non-hydrogen) atoms. The van der Waals surface area contributed by atoms with E-state index in [1.807, 2.05) is 29.9 Å². The van der Waals surface area contributed by atoms with Crippen molar-refractivity contribution in [1.29, 1.82) is 0 Å². The average Bonchev–Trinajstić information content (AvgIpc) is 2.86. The lowest BCUT2D eigenvalue weighted by Crippen LogP contribution is -2.21. The van der Waals surface area contributed by atoms with Gasteiger partial charge in [-0.05, 0) is 13.0 Å². The van der Waals surface area contributed by atoms with Crippen molar-refractivity contribution in [3.63, 3.8) is 0 Å². The molecule has 0 saturated heterocycles. The Balaban J connectivity index is 1.94. The molecule has 2 aromatic rings. The molecule has 2 heterocycles. The Hall–Kier alpha value is -1.62. The maximum absolute atomic E-state index is 5.26. The molecule has 0 aliphatic rings. The summed E-state index contributed by atoms with van der Waals surface area (Å²) in [7, 11) is 0. The molecule has 0 aliphatic carbocycles. The van der Waals surface area contributed by atoms with Crippen LogP contribution < -0.4 is 5.32 Å². The van der Waals surface area contributed by atoms with Crippen LogP contribution in [0.2, 0.25) is 0 Å². The fourth-order valence-corrected chi connectivity index (χ4v) is 1.53. The zero-order valence-corrected chi connectivity index (χ0v) is 10.5. The van der Waals surface area contributed by atoms with Crippen LogP contribution in [0.5, 0.6) is 0 Å². The molecule has 0 aliphatic heterocycles. The summed E-state index contributed by atoms with van der Waals surface area (Å²) in [5.74, 6) is 0.827. The maximum Gasteiger partial charge on any atom is 0.158 e. The smallest absolute Gasteiger partial charge is 0.158 e. The van der Waals surface area contributed by atoms with Crippen LogP contribution in [-0.2, 0) is 13.1 Å². The number of aromatic nitrogens is 3. The first kappa shape index (κ1) is 11.9. The number of nitrogens with zero attached hydrogens (tertiary/aromatic N) is 3. The Bertz CT molecular complexity index is 472. The van der Waals surface area contributed by atoms with Crippen molar-refractivity contribution in [2.24, 2.45) is 0 Å². The minimum atomic E-state index is 0.448. The van der Waals surface area contributed by atoms with Gasteiger partial charge in [-0.15, -0.1) is 0 Å². The SMILES string of the molecule is Cc1ccn(Cc2cc(CNC(C)C)no2)n1. The van der Waals surface area contributed by atoms with E-state index in [4.69, 9.17) is 4.52 Å². The molecule has 2 aromatic heterocycles. The number of hydrogen-bond donors (Lipinski definition) is 1. The van der Waals surface area contributed by atoms with Gasteiger partial charge in [0.1, 0.15) is 6.54 Å². The molecule has 0 spiro atoms. The van der Waals surface area contributed by atoms with Crippen LogP contribution in [0.15, 0.2) is 22.9 Å². The molecule has 0 aromatic carbocycles. The van der Waals surface area contributed by atoms with Gasteiger partial charge in [0.05, 0.1) is 11.4 Å². The molecule has 5 heteroatoms. The van der Waals surface area contributed by atoms with Crippen LogP contribution in [0.3, 0.4) is 0 Å². The van der Waals surface area contributed by atoms with E-state index in [-0.39, 0.29) is 0 Å². The third-order valence-electron chi connectivity index (χ3n) is 2.39. The molecule has 1 N–H and O–H groups in total. The van der Waals surface area contributed by atoms with Gasteiger partial charge in [0, 0.05) is 24.8 Å².